The molecule has 3 aromatic rings. The summed E-state index contributed by atoms with van der Waals surface area (Å²) in [5.74, 6) is 0.443. The monoisotopic (exact) mass is 357 g/mol. The number of likely N-dealkylation sites (N-methyl/N-ethyl adjacent to an activating group) is 1. The first-order chi connectivity index (χ1) is 12.6. The van der Waals surface area contributed by atoms with Crippen molar-refractivity contribution in [3.8, 4) is 0 Å². The molecule has 8 nitrogen and oxygen atoms in total. The summed E-state index contributed by atoms with van der Waals surface area (Å²) >= 11 is 0. The summed E-state index contributed by atoms with van der Waals surface area (Å²) in [6.45, 7) is 6.55. The van der Waals surface area contributed by atoms with Gasteiger partial charge in [-0.2, -0.15) is 5.10 Å². The minimum Gasteiger partial charge on any atom is -0.463 e. The Morgan fingerprint density at radius 3 is 3.08 bits per heavy atom. The third kappa shape index (κ3) is 2.80. The van der Waals surface area contributed by atoms with E-state index in [0.29, 0.717) is 29.5 Å². The largest absolute Gasteiger partial charge is 0.463 e. The van der Waals surface area contributed by atoms with E-state index >= 15 is 0 Å². The highest BCUT2D eigenvalue weighted by molar-refractivity contribution is 5.82. The molecular weight excluding hydrogens is 334 g/mol. The average molecular weight is 357 g/mol. The van der Waals surface area contributed by atoms with Crippen LogP contribution in [0.15, 0.2) is 27.6 Å². The first-order valence-electron chi connectivity index (χ1n) is 9.05. The van der Waals surface area contributed by atoms with Crippen LogP contribution in [0.2, 0.25) is 0 Å². The molecule has 1 aliphatic heterocycles. The lowest BCUT2D eigenvalue weighted by molar-refractivity contribution is -0.122. The van der Waals surface area contributed by atoms with Gasteiger partial charge in [-0.15, -0.1) is 0 Å². The van der Waals surface area contributed by atoms with Crippen LogP contribution in [0, 0.1) is 6.92 Å². The summed E-state index contributed by atoms with van der Waals surface area (Å²) in [5.41, 5.74) is 1.61. The number of nitrogens with one attached hydrogen (secondary N) is 1. The molecule has 4 heterocycles. The smallest absolute Gasteiger partial charge is 0.291 e. The maximum Gasteiger partial charge on any atom is 0.291 e. The number of carbonyl (C=O) groups is 1. The minimum absolute atomic E-state index is 0.0818. The zero-order valence-corrected chi connectivity index (χ0v) is 15.1. The van der Waals surface area contributed by atoms with Gasteiger partial charge in [-0.05, 0) is 32.9 Å². The normalized spacial score (nSPS) is 18.2. The number of nitrogens with zero attached hydrogens (tertiary/aromatic N) is 4. The summed E-state index contributed by atoms with van der Waals surface area (Å²) in [5, 5.41) is 7.26. The number of hydrogen-bond acceptors (Lipinski definition) is 5. The molecule has 0 aromatic carbocycles. The summed E-state index contributed by atoms with van der Waals surface area (Å²) in [6, 6.07) is 3.88. The molecular formula is C18H23N5O3. The van der Waals surface area contributed by atoms with Crippen LogP contribution in [0.3, 0.4) is 0 Å². The van der Waals surface area contributed by atoms with E-state index in [1.165, 1.54) is 11.1 Å². The van der Waals surface area contributed by atoms with Crippen LogP contribution in [0.25, 0.3) is 16.6 Å². The lowest BCUT2D eigenvalue weighted by Crippen LogP contribution is -2.42. The molecule has 1 amide bonds. The van der Waals surface area contributed by atoms with Crippen LogP contribution in [0.1, 0.15) is 25.6 Å². The zero-order valence-electron chi connectivity index (χ0n) is 15.1. The quantitative estimate of drug-likeness (QED) is 0.740. The Bertz CT molecular complexity index is 1020. The molecule has 0 spiro atoms. The van der Waals surface area contributed by atoms with Gasteiger partial charge in [0.05, 0.1) is 11.8 Å². The van der Waals surface area contributed by atoms with Gasteiger partial charge in [-0.25, -0.2) is 4.68 Å². The van der Waals surface area contributed by atoms with Crippen molar-refractivity contribution in [3.63, 3.8) is 0 Å². The highest BCUT2D eigenvalue weighted by atomic mass is 16.3. The number of likely N-dealkylation sites (tertiary alicyclic amines) is 1. The maximum absolute atomic E-state index is 12.7. The molecule has 0 aliphatic carbocycles. The lowest BCUT2D eigenvalue weighted by atomic mass is 10.2. The van der Waals surface area contributed by atoms with Gasteiger partial charge in [-0.1, -0.05) is 6.92 Å². The highest BCUT2D eigenvalue weighted by Gasteiger charge is 2.23. The Hall–Kier alpha value is -2.61. The summed E-state index contributed by atoms with van der Waals surface area (Å²) in [7, 11) is 0. The van der Waals surface area contributed by atoms with Crippen LogP contribution in [0.5, 0.6) is 0 Å². The lowest BCUT2D eigenvalue weighted by Gasteiger charge is -2.22. The molecule has 1 fully saturated rings. The average Bonchev–Trinajstić information content (AvgIpc) is 3.32. The second-order valence-corrected chi connectivity index (χ2v) is 6.77. The Labute approximate surface area is 150 Å². The number of carbonyl (C=O) groups excluding carboxylic acids is 1. The Kier molecular flexibility index (Phi) is 4.28. The van der Waals surface area contributed by atoms with E-state index in [4.69, 9.17) is 4.42 Å². The fourth-order valence-corrected chi connectivity index (χ4v) is 3.90. The van der Waals surface area contributed by atoms with Crippen LogP contribution in [-0.2, 0) is 11.3 Å². The highest BCUT2D eigenvalue weighted by Crippen LogP contribution is 2.20. The number of furan rings is 1. The van der Waals surface area contributed by atoms with E-state index in [9.17, 15) is 9.59 Å². The van der Waals surface area contributed by atoms with E-state index in [1.807, 2.05) is 6.92 Å². The maximum atomic E-state index is 12.7. The molecule has 0 radical (unpaired) electrons. The molecule has 1 saturated heterocycles. The predicted molar refractivity (Wildman–Crippen MR) is 97.2 cm³/mol. The van der Waals surface area contributed by atoms with Crippen molar-refractivity contribution in [2.45, 2.75) is 39.3 Å². The molecule has 0 bridgehead atoms. The third-order valence-corrected chi connectivity index (χ3v) is 5.20. The first kappa shape index (κ1) is 16.8. The van der Waals surface area contributed by atoms with Crippen molar-refractivity contribution in [1.29, 1.82) is 0 Å². The zero-order chi connectivity index (χ0) is 18.3. The molecule has 3 aromatic heterocycles. The molecule has 1 aliphatic rings. The number of amides is 1. The van der Waals surface area contributed by atoms with E-state index in [1.54, 1.807) is 22.8 Å². The first-order valence-corrected chi connectivity index (χ1v) is 9.05. The molecule has 26 heavy (non-hydrogen) atoms. The molecule has 138 valence electrons. The Balaban J connectivity index is 1.52. The molecule has 0 unspecified atom stereocenters. The van der Waals surface area contributed by atoms with Crippen LogP contribution < -0.4 is 10.9 Å². The van der Waals surface area contributed by atoms with Gasteiger partial charge < -0.3 is 9.73 Å². The predicted octanol–water partition coefficient (Wildman–Crippen LogP) is 1.15. The van der Waals surface area contributed by atoms with Crippen molar-refractivity contribution in [1.82, 2.24) is 24.4 Å². The van der Waals surface area contributed by atoms with Gasteiger partial charge in [-0.3, -0.25) is 18.9 Å². The number of aryl methyl sites for hydroxylation is 1. The van der Waals surface area contributed by atoms with Crippen molar-refractivity contribution in [2.75, 3.05) is 19.6 Å². The second-order valence-electron chi connectivity index (χ2n) is 6.77. The SMILES string of the molecule is CCN1CCC[C@@H]1CNC(=O)Cn1nc(C)n2c(cc3occc32)c1=O. The van der Waals surface area contributed by atoms with Crippen LogP contribution in [-0.4, -0.2) is 50.7 Å². The van der Waals surface area contributed by atoms with Gasteiger partial charge in [0.2, 0.25) is 5.91 Å². The van der Waals surface area contributed by atoms with Gasteiger partial charge in [0.25, 0.3) is 5.56 Å². The third-order valence-electron chi connectivity index (χ3n) is 5.20. The number of rotatable bonds is 5. The van der Waals surface area contributed by atoms with Crippen molar-refractivity contribution in [2.24, 2.45) is 0 Å². The topological polar surface area (TPSA) is 84.8 Å². The van der Waals surface area contributed by atoms with E-state index in [0.717, 1.165) is 25.0 Å². The molecule has 0 saturated carbocycles. The Morgan fingerprint density at radius 2 is 2.27 bits per heavy atom. The number of aromatic nitrogens is 3. The fourth-order valence-electron chi connectivity index (χ4n) is 3.90. The molecule has 8 heteroatoms. The van der Waals surface area contributed by atoms with Crippen molar-refractivity contribution in [3.05, 3.63) is 34.6 Å². The van der Waals surface area contributed by atoms with E-state index in [-0.39, 0.29) is 18.0 Å². The fraction of sp³-hybridized carbons (Fsp3) is 0.500. The summed E-state index contributed by atoms with van der Waals surface area (Å²) in [4.78, 5) is 27.4. The van der Waals surface area contributed by atoms with Crippen molar-refractivity contribution >= 4 is 22.5 Å². The van der Waals surface area contributed by atoms with Crippen LogP contribution >= 0.6 is 0 Å². The summed E-state index contributed by atoms with van der Waals surface area (Å²) < 4.78 is 8.35. The van der Waals surface area contributed by atoms with E-state index < -0.39 is 0 Å². The van der Waals surface area contributed by atoms with Gasteiger partial charge in [0.15, 0.2) is 5.58 Å². The number of fused-ring (bicyclic) bond motifs is 3. The number of hydrogen-bond donors (Lipinski definition) is 1. The van der Waals surface area contributed by atoms with Gasteiger partial charge >= 0.3 is 0 Å². The van der Waals surface area contributed by atoms with Crippen molar-refractivity contribution < 1.29 is 9.21 Å². The molecule has 1 atom stereocenters. The van der Waals surface area contributed by atoms with Crippen LogP contribution in [0.4, 0.5) is 0 Å². The second kappa shape index (κ2) is 6.60. The standard InChI is InChI=1S/C18H23N5O3/c1-3-21-7-4-5-13(21)10-19-17(24)11-22-18(25)15-9-16-14(6-8-26-16)23(15)12(2)20-22/h6,8-9,13H,3-5,7,10-11H2,1-2H3,(H,19,24)/t13-/m1/s1. The Morgan fingerprint density at radius 1 is 1.42 bits per heavy atom. The van der Waals surface area contributed by atoms with Gasteiger partial charge in [0.1, 0.15) is 17.9 Å². The molecule has 1 N–H and O–H groups in total. The van der Waals surface area contributed by atoms with E-state index in [2.05, 4.69) is 22.2 Å². The summed E-state index contributed by atoms with van der Waals surface area (Å²) in [6.07, 6.45) is 3.85. The molecule has 4 rings (SSSR count). The van der Waals surface area contributed by atoms with Gasteiger partial charge in [0, 0.05) is 24.7 Å². The minimum atomic E-state index is -0.298.